The summed E-state index contributed by atoms with van der Waals surface area (Å²) in [4.78, 5) is 9.82. The Morgan fingerprint density at radius 3 is 2.58 bits per heavy atom. The van der Waals surface area contributed by atoms with E-state index in [0.29, 0.717) is 5.41 Å². The Kier molecular flexibility index (Phi) is 8.59. The van der Waals surface area contributed by atoms with Gasteiger partial charge in [-0.3, -0.25) is 4.90 Å². The molecule has 170 valence electrons. The van der Waals surface area contributed by atoms with Crippen molar-refractivity contribution in [1.29, 1.82) is 0 Å². The molecule has 0 bridgehead atoms. The molecular formula is C24H34Cl2N4O. The highest BCUT2D eigenvalue weighted by Gasteiger charge is 2.49. The third-order valence-corrected chi connectivity index (χ3v) is 7.08. The Balaban J connectivity index is 0.00000136. The fourth-order valence-corrected chi connectivity index (χ4v) is 5.31. The summed E-state index contributed by atoms with van der Waals surface area (Å²) in [7, 11) is 0. The second kappa shape index (κ2) is 11.0. The second-order valence-electron chi connectivity index (χ2n) is 8.97. The minimum Gasteiger partial charge on any atom is -0.379 e. The summed E-state index contributed by atoms with van der Waals surface area (Å²) in [5.41, 5.74) is 3.14. The van der Waals surface area contributed by atoms with Crippen molar-refractivity contribution in [2.45, 2.75) is 19.4 Å². The minimum absolute atomic E-state index is 0. The smallest absolute Gasteiger partial charge is 0.128 e. The first-order chi connectivity index (χ1) is 14.3. The molecule has 1 aromatic heterocycles. The van der Waals surface area contributed by atoms with Gasteiger partial charge in [-0.25, -0.2) is 4.98 Å². The van der Waals surface area contributed by atoms with Crippen LogP contribution in [0, 0.1) is 11.3 Å². The van der Waals surface area contributed by atoms with Gasteiger partial charge in [0.1, 0.15) is 5.82 Å². The highest BCUT2D eigenvalue weighted by Crippen LogP contribution is 2.43. The van der Waals surface area contributed by atoms with Gasteiger partial charge in [-0.05, 0) is 36.0 Å². The number of aryl methyl sites for hydroxylation is 1. The van der Waals surface area contributed by atoms with Crippen molar-refractivity contribution in [3.8, 4) is 0 Å². The molecule has 0 aliphatic carbocycles. The molecule has 3 fully saturated rings. The molecule has 7 heteroatoms. The van der Waals surface area contributed by atoms with E-state index in [1.165, 1.54) is 24.0 Å². The SMILES string of the molecule is Cl.Cl.c1ccc(CCC23CNCC2CN(c2ccc(CN4CCOCC4)cn2)C3)cc1. The van der Waals surface area contributed by atoms with E-state index >= 15 is 0 Å². The molecule has 5 nitrogen and oxygen atoms in total. The Labute approximate surface area is 198 Å². The Hall–Kier alpha value is -1.37. The average molecular weight is 465 g/mol. The van der Waals surface area contributed by atoms with Gasteiger partial charge < -0.3 is 15.0 Å². The molecule has 3 saturated heterocycles. The number of ether oxygens (including phenoxy) is 1. The molecule has 1 N–H and O–H groups in total. The van der Waals surface area contributed by atoms with Gasteiger partial charge in [-0.2, -0.15) is 0 Å². The predicted octanol–water partition coefficient (Wildman–Crippen LogP) is 3.42. The van der Waals surface area contributed by atoms with E-state index in [4.69, 9.17) is 9.72 Å². The predicted molar refractivity (Wildman–Crippen MR) is 131 cm³/mol. The topological polar surface area (TPSA) is 40.6 Å². The van der Waals surface area contributed by atoms with Crippen LogP contribution in [-0.2, 0) is 17.7 Å². The van der Waals surface area contributed by atoms with Crippen LogP contribution in [0.3, 0.4) is 0 Å². The van der Waals surface area contributed by atoms with Crippen LogP contribution in [0.4, 0.5) is 5.82 Å². The number of hydrogen-bond donors (Lipinski definition) is 1. The number of hydrogen-bond acceptors (Lipinski definition) is 5. The van der Waals surface area contributed by atoms with E-state index in [-0.39, 0.29) is 24.8 Å². The molecule has 2 aromatic rings. The van der Waals surface area contributed by atoms with Gasteiger partial charge in [0.25, 0.3) is 0 Å². The fourth-order valence-electron chi connectivity index (χ4n) is 5.31. The zero-order chi connectivity index (χ0) is 19.5. The summed E-state index contributed by atoms with van der Waals surface area (Å²) in [5, 5.41) is 3.67. The maximum atomic E-state index is 5.45. The summed E-state index contributed by atoms with van der Waals surface area (Å²) < 4.78 is 5.45. The largest absolute Gasteiger partial charge is 0.379 e. The van der Waals surface area contributed by atoms with E-state index in [2.05, 4.69) is 63.8 Å². The number of aromatic nitrogens is 1. The van der Waals surface area contributed by atoms with Crippen molar-refractivity contribution >= 4 is 30.6 Å². The molecule has 31 heavy (non-hydrogen) atoms. The molecule has 2 unspecified atom stereocenters. The third kappa shape index (κ3) is 5.52. The van der Waals surface area contributed by atoms with Crippen LogP contribution < -0.4 is 10.2 Å². The number of rotatable bonds is 6. The first-order valence-electron chi connectivity index (χ1n) is 11.1. The lowest BCUT2D eigenvalue weighted by molar-refractivity contribution is 0.0341. The highest BCUT2D eigenvalue weighted by molar-refractivity contribution is 5.85. The quantitative estimate of drug-likeness (QED) is 0.708. The average Bonchev–Trinajstić information content (AvgIpc) is 3.32. The van der Waals surface area contributed by atoms with E-state index in [0.717, 1.165) is 70.8 Å². The van der Waals surface area contributed by atoms with Crippen LogP contribution in [0.5, 0.6) is 0 Å². The van der Waals surface area contributed by atoms with Gasteiger partial charge >= 0.3 is 0 Å². The van der Waals surface area contributed by atoms with E-state index < -0.39 is 0 Å². The van der Waals surface area contributed by atoms with E-state index in [1.807, 2.05) is 0 Å². The molecule has 0 saturated carbocycles. The summed E-state index contributed by atoms with van der Waals surface area (Å²) >= 11 is 0. The Morgan fingerprint density at radius 2 is 1.84 bits per heavy atom. The van der Waals surface area contributed by atoms with Crippen molar-refractivity contribution in [1.82, 2.24) is 15.2 Å². The number of nitrogens with one attached hydrogen (secondary N) is 1. The van der Waals surface area contributed by atoms with Gasteiger partial charge in [0.15, 0.2) is 0 Å². The van der Waals surface area contributed by atoms with Crippen LogP contribution in [0.2, 0.25) is 0 Å². The maximum absolute atomic E-state index is 5.45. The molecule has 3 aliphatic heterocycles. The molecular weight excluding hydrogens is 431 g/mol. The summed E-state index contributed by atoms with van der Waals surface area (Å²) in [5.74, 6) is 1.87. The van der Waals surface area contributed by atoms with E-state index in [9.17, 15) is 0 Å². The zero-order valence-electron chi connectivity index (χ0n) is 18.0. The Morgan fingerprint density at radius 1 is 1.03 bits per heavy atom. The van der Waals surface area contributed by atoms with Crippen molar-refractivity contribution < 1.29 is 4.74 Å². The minimum atomic E-state index is 0. The first-order valence-corrected chi connectivity index (χ1v) is 11.1. The van der Waals surface area contributed by atoms with E-state index in [1.54, 1.807) is 0 Å². The van der Waals surface area contributed by atoms with Crippen LogP contribution in [0.25, 0.3) is 0 Å². The van der Waals surface area contributed by atoms with Gasteiger partial charge in [0, 0.05) is 57.4 Å². The number of morpholine rings is 1. The molecule has 0 spiro atoms. The maximum Gasteiger partial charge on any atom is 0.128 e. The monoisotopic (exact) mass is 464 g/mol. The van der Waals surface area contributed by atoms with Gasteiger partial charge in [0.05, 0.1) is 13.2 Å². The number of anilines is 1. The van der Waals surface area contributed by atoms with Crippen LogP contribution in [-0.4, -0.2) is 62.4 Å². The number of benzene rings is 1. The summed E-state index contributed by atoms with van der Waals surface area (Å²) in [6.45, 7) is 9.23. The number of halogens is 2. The zero-order valence-corrected chi connectivity index (χ0v) is 19.7. The Bertz CT molecular complexity index is 801. The molecule has 1 aromatic carbocycles. The highest BCUT2D eigenvalue weighted by atomic mass is 35.5. The van der Waals surface area contributed by atoms with Gasteiger partial charge in [-0.15, -0.1) is 24.8 Å². The molecule has 2 atom stereocenters. The second-order valence-corrected chi connectivity index (χ2v) is 8.97. The molecule has 3 aliphatic rings. The van der Waals surface area contributed by atoms with Crippen molar-refractivity contribution in [3.05, 3.63) is 59.8 Å². The number of nitrogens with zero attached hydrogens (tertiary/aromatic N) is 3. The normalized spacial score (nSPS) is 25.5. The molecule has 0 radical (unpaired) electrons. The number of fused-ring (bicyclic) bond motifs is 1. The summed E-state index contributed by atoms with van der Waals surface area (Å²) in [6, 6.07) is 15.4. The lowest BCUT2D eigenvalue weighted by Gasteiger charge is -2.28. The van der Waals surface area contributed by atoms with Gasteiger partial charge in [0.2, 0.25) is 0 Å². The van der Waals surface area contributed by atoms with Crippen molar-refractivity contribution in [2.75, 3.05) is 57.4 Å². The van der Waals surface area contributed by atoms with Crippen molar-refractivity contribution in [3.63, 3.8) is 0 Å². The van der Waals surface area contributed by atoms with Crippen LogP contribution in [0.15, 0.2) is 48.7 Å². The lowest BCUT2D eigenvalue weighted by Crippen LogP contribution is -2.35. The van der Waals surface area contributed by atoms with Gasteiger partial charge in [-0.1, -0.05) is 36.4 Å². The first kappa shape index (κ1) is 24.3. The summed E-state index contributed by atoms with van der Waals surface area (Å²) in [6.07, 6.45) is 4.49. The molecule has 0 amide bonds. The van der Waals surface area contributed by atoms with Crippen LogP contribution in [0.1, 0.15) is 17.5 Å². The third-order valence-electron chi connectivity index (χ3n) is 7.08. The molecule has 4 heterocycles. The standard InChI is InChI=1S/C24H32N4O.2ClH/c1-2-4-20(5-3-1)8-9-24-18-25-15-22(24)17-28(19-24)23-7-6-21(14-26-23)16-27-10-12-29-13-11-27;;/h1-7,14,22,25H,8-13,15-19H2;2*1H. The lowest BCUT2D eigenvalue weighted by atomic mass is 9.76. The molecule has 5 rings (SSSR count). The fraction of sp³-hybridized carbons (Fsp3) is 0.542. The van der Waals surface area contributed by atoms with Crippen LogP contribution >= 0.6 is 24.8 Å². The van der Waals surface area contributed by atoms with Crippen molar-refractivity contribution in [2.24, 2.45) is 11.3 Å². The number of pyridine rings is 1.